The van der Waals surface area contributed by atoms with Gasteiger partial charge in [-0.3, -0.25) is 10.0 Å². The van der Waals surface area contributed by atoms with Gasteiger partial charge < -0.3 is 0 Å². The van der Waals surface area contributed by atoms with E-state index in [-0.39, 0.29) is 0 Å². The molecule has 2 N–H and O–H groups in total. The number of hydrogen-bond donors (Lipinski definition) is 2. The maximum atomic E-state index is 11.9. The van der Waals surface area contributed by atoms with Crippen molar-refractivity contribution >= 4 is 17.2 Å². The molecule has 1 aromatic heterocycles. The summed E-state index contributed by atoms with van der Waals surface area (Å²) in [5, 5.41) is 8.95. The molecule has 2 aromatic carbocycles. The van der Waals surface area contributed by atoms with Crippen molar-refractivity contribution in [3.63, 3.8) is 0 Å². The molecule has 0 aliphatic rings. The quantitative estimate of drug-likeness (QED) is 0.562. The van der Waals surface area contributed by atoms with Crippen LogP contribution < -0.4 is 5.48 Å². The lowest BCUT2D eigenvalue weighted by Gasteiger charge is -2.01. The van der Waals surface area contributed by atoms with Crippen LogP contribution in [-0.2, 0) is 0 Å². The molecule has 0 radical (unpaired) electrons. The average molecular weight is 295 g/mol. The Labute approximate surface area is 126 Å². The van der Waals surface area contributed by atoms with Crippen LogP contribution in [0.3, 0.4) is 0 Å². The number of nitrogens with one attached hydrogen (secondary N) is 1. The second-order valence-corrected chi connectivity index (χ2v) is 5.58. The topological polar surface area (TPSA) is 49.3 Å². The smallest absolute Gasteiger partial charge is 0.285 e. The number of carbonyl (C=O) groups is 1. The molecule has 0 saturated heterocycles. The maximum absolute atomic E-state index is 11.9. The fraction of sp³-hybridized carbons (Fsp3) is 0. The Kier molecular flexibility index (Phi) is 3.81. The zero-order chi connectivity index (χ0) is 14.7. The van der Waals surface area contributed by atoms with E-state index in [1.54, 1.807) is 5.48 Å². The molecule has 4 heteroatoms. The third kappa shape index (κ3) is 2.72. The fourth-order valence-electron chi connectivity index (χ4n) is 2.19. The van der Waals surface area contributed by atoms with Crippen molar-refractivity contribution in [3.8, 4) is 21.6 Å². The molecule has 104 valence electrons. The van der Waals surface area contributed by atoms with Gasteiger partial charge in [-0.2, -0.15) is 0 Å². The van der Waals surface area contributed by atoms with E-state index in [0.717, 1.165) is 21.6 Å². The SMILES string of the molecule is O=C(NO)c1sc(-c2ccccc2)cc1-c1ccccc1. The normalized spacial score (nSPS) is 10.3. The van der Waals surface area contributed by atoms with Crippen LogP contribution >= 0.6 is 11.3 Å². The van der Waals surface area contributed by atoms with Crippen LogP contribution in [0.5, 0.6) is 0 Å². The lowest BCUT2D eigenvalue weighted by Crippen LogP contribution is -2.17. The molecule has 1 amide bonds. The zero-order valence-corrected chi connectivity index (χ0v) is 11.9. The Morgan fingerprint density at radius 3 is 2.05 bits per heavy atom. The van der Waals surface area contributed by atoms with Gasteiger partial charge in [-0.15, -0.1) is 11.3 Å². The molecule has 21 heavy (non-hydrogen) atoms. The highest BCUT2D eigenvalue weighted by atomic mass is 32.1. The number of amides is 1. The van der Waals surface area contributed by atoms with E-state index >= 15 is 0 Å². The van der Waals surface area contributed by atoms with Gasteiger partial charge in [0, 0.05) is 10.4 Å². The number of benzene rings is 2. The summed E-state index contributed by atoms with van der Waals surface area (Å²) in [6.45, 7) is 0. The van der Waals surface area contributed by atoms with Crippen LogP contribution in [0.25, 0.3) is 21.6 Å². The number of hydrogen-bond acceptors (Lipinski definition) is 3. The number of rotatable bonds is 3. The highest BCUT2D eigenvalue weighted by molar-refractivity contribution is 7.18. The highest BCUT2D eigenvalue weighted by Crippen LogP contribution is 2.37. The number of hydroxylamine groups is 1. The first-order valence-corrected chi connectivity index (χ1v) is 7.30. The van der Waals surface area contributed by atoms with Crippen LogP contribution in [0, 0.1) is 0 Å². The van der Waals surface area contributed by atoms with Crippen molar-refractivity contribution in [2.45, 2.75) is 0 Å². The van der Waals surface area contributed by atoms with Gasteiger partial charge >= 0.3 is 0 Å². The van der Waals surface area contributed by atoms with Gasteiger partial charge in [0.25, 0.3) is 5.91 Å². The Bertz CT molecular complexity index is 751. The summed E-state index contributed by atoms with van der Waals surface area (Å²) in [6.07, 6.45) is 0. The Balaban J connectivity index is 2.14. The summed E-state index contributed by atoms with van der Waals surface area (Å²) in [5.74, 6) is -0.485. The van der Waals surface area contributed by atoms with Gasteiger partial charge in [0.15, 0.2) is 0 Å². The predicted molar refractivity (Wildman–Crippen MR) is 84.4 cm³/mol. The van der Waals surface area contributed by atoms with E-state index < -0.39 is 5.91 Å². The van der Waals surface area contributed by atoms with Crippen molar-refractivity contribution in [2.24, 2.45) is 0 Å². The van der Waals surface area contributed by atoms with E-state index in [1.807, 2.05) is 66.7 Å². The molecule has 0 aliphatic heterocycles. The minimum Gasteiger partial charge on any atom is -0.288 e. The Morgan fingerprint density at radius 2 is 1.48 bits per heavy atom. The molecule has 0 unspecified atom stereocenters. The first kappa shape index (κ1) is 13.5. The molecule has 3 rings (SSSR count). The monoisotopic (exact) mass is 295 g/mol. The van der Waals surface area contributed by atoms with Gasteiger partial charge in [-0.25, -0.2) is 5.48 Å². The summed E-state index contributed by atoms with van der Waals surface area (Å²) in [4.78, 5) is 13.4. The van der Waals surface area contributed by atoms with Crippen LogP contribution in [0.4, 0.5) is 0 Å². The molecular formula is C17H13NO2S. The van der Waals surface area contributed by atoms with Gasteiger partial charge in [-0.05, 0) is 17.2 Å². The van der Waals surface area contributed by atoms with Crippen LogP contribution in [0.15, 0.2) is 66.7 Å². The van der Waals surface area contributed by atoms with Crippen molar-refractivity contribution in [1.29, 1.82) is 0 Å². The van der Waals surface area contributed by atoms with Crippen molar-refractivity contribution in [2.75, 3.05) is 0 Å². The van der Waals surface area contributed by atoms with Crippen LogP contribution in [-0.4, -0.2) is 11.1 Å². The summed E-state index contributed by atoms with van der Waals surface area (Å²) >= 11 is 1.37. The number of thiophene rings is 1. The summed E-state index contributed by atoms with van der Waals surface area (Å²) in [6, 6.07) is 21.5. The molecule has 0 spiro atoms. The van der Waals surface area contributed by atoms with Crippen molar-refractivity contribution < 1.29 is 10.0 Å². The third-order valence-corrected chi connectivity index (χ3v) is 4.37. The molecule has 3 nitrogen and oxygen atoms in total. The second kappa shape index (κ2) is 5.91. The molecule has 0 fully saturated rings. The lowest BCUT2D eigenvalue weighted by atomic mass is 10.0. The van der Waals surface area contributed by atoms with Crippen molar-refractivity contribution in [3.05, 3.63) is 71.6 Å². The average Bonchev–Trinajstić information content (AvgIpc) is 3.01. The largest absolute Gasteiger partial charge is 0.288 e. The van der Waals surface area contributed by atoms with Crippen LogP contribution in [0.1, 0.15) is 9.67 Å². The van der Waals surface area contributed by atoms with E-state index in [2.05, 4.69) is 0 Å². The molecule has 0 aliphatic carbocycles. The summed E-state index contributed by atoms with van der Waals surface area (Å²) in [7, 11) is 0. The summed E-state index contributed by atoms with van der Waals surface area (Å²) in [5.41, 5.74) is 4.56. The molecule has 3 aromatic rings. The van der Waals surface area contributed by atoms with E-state index in [9.17, 15) is 4.79 Å². The maximum Gasteiger partial charge on any atom is 0.285 e. The van der Waals surface area contributed by atoms with E-state index in [0.29, 0.717) is 4.88 Å². The van der Waals surface area contributed by atoms with Gasteiger partial charge in [0.05, 0.1) is 0 Å². The highest BCUT2D eigenvalue weighted by Gasteiger charge is 2.17. The molecular weight excluding hydrogens is 282 g/mol. The molecule has 0 atom stereocenters. The van der Waals surface area contributed by atoms with E-state index in [1.165, 1.54) is 11.3 Å². The van der Waals surface area contributed by atoms with Crippen LogP contribution in [0.2, 0.25) is 0 Å². The van der Waals surface area contributed by atoms with Crippen molar-refractivity contribution in [1.82, 2.24) is 5.48 Å². The standard InChI is InChI=1S/C17H13NO2S/c19-17(18-20)16-14(12-7-3-1-4-8-12)11-15(21-16)13-9-5-2-6-10-13/h1-11,20H,(H,18,19). The number of carbonyl (C=O) groups excluding carboxylic acids is 1. The molecule has 0 saturated carbocycles. The molecule has 0 bridgehead atoms. The van der Waals surface area contributed by atoms with Gasteiger partial charge in [-0.1, -0.05) is 60.7 Å². The predicted octanol–water partition coefficient (Wildman–Crippen LogP) is 4.20. The zero-order valence-electron chi connectivity index (χ0n) is 11.1. The lowest BCUT2D eigenvalue weighted by molar-refractivity contribution is 0.0711. The minimum atomic E-state index is -0.485. The molecule has 1 heterocycles. The van der Waals surface area contributed by atoms with E-state index in [4.69, 9.17) is 5.21 Å². The third-order valence-electron chi connectivity index (χ3n) is 3.18. The van der Waals surface area contributed by atoms with Gasteiger partial charge in [0.2, 0.25) is 0 Å². The second-order valence-electron chi connectivity index (χ2n) is 4.53. The fourth-order valence-corrected chi connectivity index (χ4v) is 3.26. The summed E-state index contributed by atoms with van der Waals surface area (Å²) < 4.78 is 0. The first-order valence-electron chi connectivity index (χ1n) is 6.48. The minimum absolute atomic E-state index is 0.485. The van der Waals surface area contributed by atoms with Gasteiger partial charge in [0.1, 0.15) is 4.88 Å². The Morgan fingerprint density at radius 1 is 0.905 bits per heavy atom. The Hall–Kier alpha value is -2.43. The first-order chi connectivity index (χ1) is 10.3.